The van der Waals surface area contributed by atoms with E-state index in [0.29, 0.717) is 17.3 Å². The average Bonchev–Trinajstić information content (AvgIpc) is 2.61. The van der Waals surface area contributed by atoms with E-state index in [0.717, 1.165) is 4.47 Å². The minimum absolute atomic E-state index is 0.131. The van der Waals surface area contributed by atoms with Gasteiger partial charge in [0.2, 0.25) is 11.1 Å². The van der Waals surface area contributed by atoms with Gasteiger partial charge in [-0.1, -0.05) is 27.5 Å². The third-order valence-electron chi connectivity index (χ3n) is 2.65. The number of hydrogen-bond donors (Lipinski definition) is 0. The maximum Gasteiger partial charge on any atom is 0.227 e. The van der Waals surface area contributed by atoms with Crippen LogP contribution in [-0.2, 0) is 9.59 Å². The molecule has 1 aliphatic rings. The summed E-state index contributed by atoms with van der Waals surface area (Å²) >= 11 is 14.8. The predicted molar refractivity (Wildman–Crippen MR) is 70.5 cm³/mol. The summed E-state index contributed by atoms with van der Waals surface area (Å²) in [5.41, 5.74) is 0.611. The molecule has 90 valence electrons. The van der Waals surface area contributed by atoms with Crippen LogP contribution in [0.5, 0.6) is 0 Å². The second-order valence-corrected chi connectivity index (χ2v) is 5.50. The number of rotatable bonds is 2. The first-order valence-electron chi connectivity index (χ1n) is 4.94. The molecule has 0 saturated carbocycles. The highest BCUT2D eigenvalue weighted by Gasteiger charge is 2.35. The molecule has 1 saturated heterocycles. The van der Waals surface area contributed by atoms with Crippen molar-refractivity contribution >= 4 is 56.0 Å². The monoisotopic (exact) mass is 335 g/mol. The van der Waals surface area contributed by atoms with Crippen LogP contribution in [0.2, 0.25) is 5.02 Å². The summed E-state index contributed by atoms with van der Waals surface area (Å²) in [4.78, 5) is 24.3. The molecule has 0 N–H and O–H groups in total. The Bertz CT molecular complexity index is 492. The van der Waals surface area contributed by atoms with Gasteiger partial charge in [0.1, 0.15) is 0 Å². The second kappa shape index (κ2) is 4.96. The lowest BCUT2D eigenvalue weighted by Gasteiger charge is -2.17. The molecule has 1 atom stereocenters. The fourth-order valence-electron chi connectivity index (χ4n) is 1.79. The summed E-state index contributed by atoms with van der Waals surface area (Å²) in [5, 5.41) is -0.00974. The van der Waals surface area contributed by atoms with Crippen LogP contribution in [0, 0.1) is 5.92 Å². The van der Waals surface area contributed by atoms with Crippen LogP contribution >= 0.6 is 39.1 Å². The first-order valence-corrected chi connectivity index (χ1v) is 6.48. The minimum Gasteiger partial charge on any atom is -0.310 e. The molecule has 0 aliphatic carbocycles. The van der Waals surface area contributed by atoms with E-state index in [1.54, 1.807) is 18.2 Å². The first kappa shape index (κ1) is 12.9. The van der Waals surface area contributed by atoms with E-state index < -0.39 is 11.2 Å². The summed E-state index contributed by atoms with van der Waals surface area (Å²) in [5.74, 6) is -0.572. The zero-order valence-electron chi connectivity index (χ0n) is 8.62. The molecule has 2 rings (SSSR count). The second-order valence-electron chi connectivity index (χ2n) is 3.81. The van der Waals surface area contributed by atoms with Gasteiger partial charge in [-0.25, -0.2) is 0 Å². The number of hydrogen-bond acceptors (Lipinski definition) is 2. The van der Waals surface area contributed by atoms with E-state index in [9.17, 15) is 9.59 Å². The van der Waals surface area contributed by atoms with E-state index in [2.05, 4.69) is 15.9 Å². The Balaban J connectivity index is 2.29. The van der Waals surface area contributed by atoms with Gasteiger partial charge in [-0.15, -0.1) is 0 Å². The number of anilines is 1. The quantitative estimate of drug-likeness (QED) is 0.777. The van der Waals surface area contributed by atoms with E-state index in [1.807, 2.05) is 0 Å². The maximum absolute atomic E-state index is 11.8. The lowest BCUT2D eigenvalue weighted by Crippen LogP contribution is -2.25. The van der Waals surface area contributed by atoms with Crippen molar-refractivity contribution in [1.29, 1.82) is 0 Å². The lowest BCUT2D eigenvalue weighted by molar-refractivity contribution is -0.120. The van der Waals surface area contributed by atoms with Gasteiger partial charge in [0, 0.05) is 17.4 Å². The van der Waals surface area contributed by atoms with Gasteiger partial charge in [0.15, 0.2) is 0 Å². The Labute approximate surface area is 117 Å². The summed E-state index contributed by atoms with van der Waals surface area (Å²) in [6.07, 6.45) is 0.148. The van der Waals surface area contributed by atoms with E-state index >= 15 is 0 Å². The number of amides is 1. The summed E-state index contributed by atoms with van der Waals surface area (Å²) in [6, 6.07) is 5.25. The molecule has 1 fully saturated rings. The third-order valence-corrected chi connectivity index (χ3v) is 3.75. The molecule has 3 nitrogen and oxygen atoms in total. The highest BCUT2D eigenvalue weighted by Crippen LogP contribution is 2.33. The zero-order valence-corrected chi connectivity index (χ0v) is 11.7. The van der Waals surface area contributed by atoms with Crippen LogP contribution in [-0.4, -0.2) is 17.7 Å². The Morgan fingerprint density at radius 3 is 2.71 bits per heavy atom. The Morgan fingerprint density at radius 1 is 1.47 bits per heavy atom. The van der Waals surface area contributed by atoms with Crippen molar-refractivity contribution < 1.29 is 9.59 Å². The summed E-state index contributed by atoms with van der Waals surface area (Å²) in [6.45, 7) is 0.294. The lowest BCUT2D eigenvalue weighted by atomic mass is 10.1. The van der Waals surface area contributed by atoms with Gasteiger partial charge in [0.05, 0.1) is 16.6 Å². The average molecular weight is 337 g/mol. The maximum atomic E-state index is 11.8. The molecule has 17 heavy (non-hydrogen) atoms. The Hall–Kier alpha value is -0.580. The van der Waals surface area contributed by atoms with Gasteiger partial charge in [-0.2, -0.15) is 0 Å². The molecule has 0 radical (unpaired) electrons. The molecule has 1 heterocycles. The molecular weight excluding hydrogens is 329 g/mol. The molecule has 1 aromatic carbocycles. The van der Waals surface area contributed by atoms with Gasteiger partial charge >= 0.3 is 0 Å². The standard InChI is InChI=1S/C11H8BrCl2NO2/c12-7-1-2-9(8(13)4-7)15-5-6(11(14)17)3-10(15)16/h1-2,4,6H,3,5H2/t6-/m0/s1. The number of benzene rings is 1. The number of carbonyl (C=O) groups excluding carboxylic acids is 2. The minimum atomic E-state index is -0.478. The van der Waals surface area contributed by atoms with Crippen molar-refractivity contribution in [2.75, 3.05) is 11.4 Å². The van der Waals surface area contributed by atoms with Crippen LogP contribution in [0.3, 0.4) is 0 Å². The third kappa shape index (κ3) is 2.64. The zero-order chi connectivity index (χ0) is 12.6. The molecule has 0 bridgehead atoms. The molecule has 0 spiro atoms. The van der Waals surface area contributed by atoms with Crippen molar-refractivity contribution in [3.05, 3.63) is 27.7 Å². The van der Waals surface area contributed by atoms with Crippen LogP contribution in [0.15, 0.2) is 22.7 Å². The van der Waals surface area contributed by atoms with Crippen molar-refractivity contribution in [2.24, 2.45) is 5.92 Å². The summed E-state index contributed by atoms with van der Waals surface area (Å²) < 4.78 is 0.836. The van der Waals surface area contributed by atoms with Crippen molar-refractivity contribution in [3.63, 3.8) is 0 Å². The fourth-order valence-corrected chi connectivity index (χ4v) is 2.71. The SMILES string of the molecule is O=C(Cl)[C@H]1CC(=O)N(c2ccc(Br)cc2Cl)C1. The largest absolute Gasteiger partial charge is 0.310 e. The van der Waals surface area contributed by atoms with Crippen molar-refractivity contribution in [2.45, 2.75) is 6.42 Å². The van der Waals surface area contributed by atoms with Gasteiger partial charge in [-0.3, -0.25) is 9.59 Å². The molecule has 1 amide bonds. The molecule has 1 aromatic rings. The number of carbonyl (C=O) groups is 2. The fraction of sp³-hybridized carbons (Fsp3) is 0.273. The van der Waals surface area contributed by atoms with Crippen LogP contribution in [0.4, 0.5) is 5.69 Å². The topological polar surface area (TPSA) is 37.4 Å². The summed E-state index contributed by atoms with van der Waals surface area (Å²) in [7, 11) is 0. The smallest absolute Gasteiger partial charge is 0.227 e. The van der Waals surface area contributed by atoms with E-state index in [1.165, 1.54) is 4.90 Å². The molecule has 0 unspecified atom stereocenters. The van der Waals surface area contributed by atoms with Crippen LogP contribution in [0.25, 0.3) is 0 Å². The van der Waals surface area contributed by atoms with Gasteiger partial charge < -0.3 is 4.90 Å². The normalized spacial score (nSPS) is 19.8. The number of nitrogens with zero attached hydrogens (tertiary/aromatic N) is 1. The van der Waals surface area contributed by atoms with Gasteiger partial charge in [-0.05, 0) is 29.8 Å². The van der Waals surface area contributed by atoms with Gasteiger partial charge in [0.25, 0.3) is 0 Å². The molecular formula is C11H8BrCl2NO2. The van der Waals surface area contributed by atoms with Crippen LogP contribution < -0.4 is 4.90 Å². The van der Waals surface area contributed by atoms with E-state index in [4.69, 9.17) is 23.2 Å². The number of halogens is 3. The molecule has 6 heteroatoms. The highest BCUT2D eigenvalue weighted by molar-refractivity contribution is 9.10. The molecule has 0 aromatic heterocycles. The highest BCUT2D eigenvalue weighted by atomic mass is 79.9. The van der Waals surface area contributed by atoms with Crippen molar-refractivity contribution in [3.8, 4) is 0 Å². The first-order chi connectivity index (χ1) is 7.99. The van der Waals surface area contributed by atoms with Crippen LogP contribution in [0.1, 0.15) is 6.42 Å². The molecule has 1 aliphatic heterocycles. The Kier molecular flexibility index (Phi) is 3.76. The predicted octanol–water partition coefficient (Wildman–Crippen LogP) is 3.22. The Morgan fingerprint density at radius 2 is 2.18 bits per heavy atom. The van der Waals surface area contributed by atoms with Crippen molar-refractivity contribution in [1.82, 2.24) is 0 Å². The van der Waals surface area contributed by atoms with E-state index in [-0.39, 0.29) is 12.3 Å².